The second kappa shape index (κ2) is 14.9. The van der Waals surface area contributed by atoms with E-state index >= 15 is 0 Å². The molecule has 0 N–H and O–H groups in total. The maximum absolute atomic E-state index is 3.91. The highest BCUT2D eigenvalue weighted by atomic mass is 35.5. The van der Waals surface area contributed by atoms with Crippen molar-refractivity contribution in [2.24, 2.45) is 0 Å². The molecule has 0 spiro atoms. The van der Waals surface area contributed by atoms with E-state index in [2.05, 4.69) is 40.5 Å². The van der Waals surface area contributed by atoms with E-state index in [9.17, 15) is 0 Å². The molecular formula is C19H40ClN. The number of unbranched alkanes of at least 4 members (excludes halogenated alkanes) is 9. The highest BCUT2D eigenvalue weighted by Gasteiger charge is 2.23. The van der Waals surface area contributed by atoms with E-state index in [0.717, 1.165) is 11.0 Å². The third-order valence-electron chi connectivity index (χ3n) is 4.82. The van der Waals surface area contributed by atoms with Gasteiger partial charge in [0.2, 0.25) is 0 Å². The van der Waals surface area contributed by atoms with Crippen molar-refractivity contribution in [1.82, 2.24) is 0 Å². The second-order valence-electron chi connectivity index (χ2n) is 6.95. The summed E-state index contributed by atoms with van der Waals surface area (Å²) in [5.74, 6) is 0. The maximum Gasteiger partial charge on any atom is 0.0970 e. The van der Waals surface area contributed by atoms with Gasteiger partial charge in [-0.3, -0.25) is 0 Å². The predicted octanol–water partition coefficient (Wildman–Crippen LogP) is 2.95. The Balaban J connectivity index is 0. The van der Waals surface area contributed by atoms with Crippen LogP contribution in [0.1, 0.15) is 85.0 Å². The van der Waals surface area contributed by atoms with Gasteiger partial charge in [0.25, 0.3) is 0 Å². The molecule has 0 bridgehead atoms. The number of likely N-dealkylation sites (N-methyl/N-ethyl adjacent to an activating group) is 1. The molecule has 0 amide bonds. The molecule has 21 heavy (non-hydrogen) atoms. The van der Waals surface area contributed by atoms with Gasteiger partial charge in [0, 0.05) is 0 Å². The number of hydrogen-bond acceptors (Lipinski definition) is 0. The predicted molar refractivity (Wildman–Crippen MR) is 93.1 cm³/mol. The summed E-state index contributed by atoms with van der Waals surface area (Å²) >= 11 is 0. The zero-order chi connectivity index (χ0) is 15.3. The fourth-order valence-corrected chi connectivity index (χ4v) is 2.82. The SMILES string of the molecule is C=CC[N+](C)(CCCCCCCCCCCC)C(C)C.[Cl-]. The Bertz CT molecular complexity index is 228. The van der Waals surface area contributed by atoms with Crippen LogP contribution in [0.4, 0.5) is 0 Å². The fourth-order valence-electron chi connectivity index (χ4n) is 2.82. The van der Waals surface area contributed by atoms with E-state index in [1.165, 1.54) is 70.8 Å². The molecule has 1 atom stereocenters. The first kappa shape index (κ1) is 23.3. The Morgan fingerprint density at radius 2 is 1.29 bits per heavy atom. The molecule has 0 heterocycles. The van der Waals surface area contributed by atoms with Crippen LogP contribution in [0.5, 0.6) is 0 Å². The zero-order valence-corrected chi connectivity index (χ0v) is 15.9. The fraction of sp³-hybridized carbons (Fsp3) is 0.895. The van der Waals surface area contributed by atoms with Crippen LogP contribution in [0.25, 0.3) is 0 Å². The van der Waals surface area contributed by atoms with Gasteiger partial charge < -0.3 is 16.9 Å². The monoisotopic (exact) mass is 317 g/mol. The molecular weight excluding hydrogens is 278 g/mol. The second-order valence-corrected chi connectivity index (χ2v) is 6.95. The number of quaternary nitrogens is 1. The van der Waals surface area contributed by atoms with Gasteiger partial charge in [-0.1, -0.05) is 64.9 Å². The van der Waals surface area contributed by atoms with Crippen LogP contribution in [0.3, 0.4) is 0 Å². The van der Waals surface area contributed by atoms with Crippen molar-refractivity contribution in [3.63, 3.8) is 0 Å². The molecule has 128 valence electrons. The van der Waals surface area contributed by atoms with Crippen LogP contribution < -0.4 is 12.4 Å². The van der Waals surface area contributed by atoms with Gasteiger partial charge in [0.05, 0.1) is 26.2 Å². The Labute approximate surface area is 141 Å². The van der Waals surface area contributed by atoms with E-state index in [0.29, 0.717) is 6.04 Å². The molecule has 0 aromatic carbocycles. The number of hydrogen-bond donors (Lipinski definition) is 0. The van der Waals surface area contributed by atoms with Crippen LogP contribution in [0.15, 0.2) is 12.7 Å². The van der Waals surface area contributed by atoms with E-state index in [-0.39, 0.29) is 12.4 Å². The standard InChI is InChI=1S/C19H40N.ClH/c1-6-8-9-10-11-12-13-14-15-16-18-20(5,17-7-2)19(3)4;/h7,19H,2,6,8-18H2,1,3-5H3;1H/q+1;/p-1. The minimum atomic E-state index is 0. The van der Waals surface area contributed by atoms with Crippen molar-refractivity contribution in [3.05, 3.63) is 12.7 Å². The first-order valence-corrected chi connectivity index (χ1v) is 9.02. The number of halogens is 1. The summed E-state index contributed by atoms with van der Waals surface area (Å²) in [6.07, 6.45) is 16.3. The lowest BCUT2D eigenvalue weighted by atomic mass is 10.1. The van der Waals surface area contributed by atoms with Crippen LogP contribution >= 0.6 is 0 Å². The molecule has 0 saturated carbocycles. The number of rotatable bonds is 14. The molecule has 0 rings (SSSR count). The van der Waals surface area contributed by atoms with Crippen LogP contribution in [0.2, 0.25) is 0 Å². The minimum Gasteiger partial charge on any atom is -1.00 e. The maximum atomic E-state index is 3.91. The lowest BCUT2D eigenvalue weighted by Gasteiger charge is -2.37. The lowest BCUT2D eigenvalue weighted by molar-refractivity contribution is -0.924. The summed E-state index contributed by atoms with van der Waals surface area (Å²) in [7, 11) is 2.38. The van der Waals surface area contributed by atoms with Crippen LogP contribution in [0, 0.1) is 0 Å². The third kappa shape index (κ3) is 12.2. The van der Waals surface area contributed by atoms with Crippen molar-refractivity contribution in [2.45, 2.75) is 91.0 Å². The Hall–Kier alpha value is -0.0100. The van der Waals surface area contributed by atoms with Crippen molar-refractivity contribution < 1.29 is 16.9 Å². The van der Waals surface area contributed by atoms with Crippen molar-refractivity contribution >= 4 is 0 Å². The first-order valence-electron chi connectivity index (χ1n) is 9.02. The molecule has 0 aromatic rings. The zero-order valence-electron chi connectivity index (χ0n) is 15.2. The van der Waals surface area contributed by atoms with E-state index in [1.807, 2.05) is 0 Å². The summed E-state index contributed by atoms with van der Waals surface area (Å²) in [6.45, 7) is 13.3. The Kier molecular flexibility index (Phi) is 16.5. The highest BCUT2D eigenvalue weighted by molar-refractivity contribution is 4.66. The molecule has 0 fully saturated rings. The van der Waals surface area contributed by atoms with Gasteiger partial charge in [-0.05, 0) is 32.8 Å². The summed E-state index contributed by atoms with van der Waals surface area (Å²) in [4.78, 5) is 0. The van der Waals surface area contributed by atoms with Gasteiger partial charge in [-0.2, -0.15) is 0 Å². The van der Waals surface area contributed by atoms with Crippen LogP contribution in [-0.2, 0) is 0 Å². The quantitative estimate of drug-likeness (QED) is 0.262. The minimum absolute atomic E-state index is 0. The van der Waals surface area contributed by atoms with Crippen molar-refractivity contribution in [3.8, 4) is 0 Å². The van der Waals surface area contributed by atoms with Gasteiger partial charge in [-0.25, -0.2) is 0 Å². The lowest BCUT2D eigenvalue weighted by Crippen LogP contribution is -3.00. The van der Waals surface area contributed by atoms with Gasteiger partial charge in [-0.15, -0.1) is 0 Å². The molecule has 0 aliphatic heterocycles. The summed E-state index contributed by atoms with van der Waals surface area (Å²) in [5, 5.41) is 0. The average Bonchev–Trinajstić information content (AvgIpc) is 2.41. The molecule has 0 saturated heterocycles. The summed E-state index contributed by atoms with van der Waals surface area (Å²) < 4.78 is 1.15. The molecule has 1 nitrogen and oxygen atoms in total. The summed E-state index contributed by atoms with van der Waals surface area (Å²) in [6, 6.07) is 0.701. The largest absolute Gasteiger partial charge is 1.00 e. The molecule has 0 radical (unpaired) electrons. The van der Waals surface area contributed by atoms with E-state index in [4.69, 9.17) is 0 Å². The van der Waals surface area contributed by atoms with Gasteiger partial charge in [0.15, 0.2) is 0 Å². The average molecular weight is 318 g/mol. The van der Waals surface area contributed by atoms with Crippen LogP contribution in [-0.4, -0.2) is 30.7 Å². The normalized spacial score (nSPS) is 13.8. The highest BCUT2D eigenvalue weighted by Crippen LogP contribution is 2.15. The Morgan fingerprint density at radius 3 is 1.67 bits per heavy atom. The third-order valence-corrected chi connectivity index (χ3v) is 4.82. The number of nitrogens with zero attached hydrogens (tertiary/aromatic N) is 1. The van der Waals surface area contributed by atoms with E-state index in [1.54, 1.807) is 0 Å². The smallest absolute Gasteiger partial charge is 0.0970 e. The first-order chi connectivity index (χ1) is 9.56. The van der Waals surface area contributed by atoms with E-state index < -0.39 is 0 Å². The molecule has 0 aliphatic carbocycles. The topological polar surface area (TPSA) is 0 Å². The molecule has 2 heteroatoms. The van der Waals surface area contributed by atoms with Crippen molar-refractivity contribution in [1.29, 1.82) is 0 Å². The molecule has 0 aromatic heterocycles. The van der Waals surface area contributed by atoms with Gasteiger partial charge >= 0.3 is 0 Å². The summed E-state index contributed by atoms with van der Waals surface area (Å²) in [5.41, 5.74) is 0. The molecule has 1 unspecified atom stereocenters. The Morgan fingerprint density at radius 1 is 0.857 bits per heavy atom. The molecule has 0 aliphatic rings. The van der Waals surface area contributed by atoms with Crippen molar-refractivity contribution in [2.75, 3.05) is 20.1 Å². The van der Waals surface area contributed by atoms with Gasteiger partial charge in [0.1, 0.15) is 0 Å².